The second-order valence-electron chi connectivity index (χ2n) is 8.36. The number of nitrogens with one attached hydrogen (secondary N) is 1. The molecule has 1 aromatic rings. The molecule has 2 amide bonds. The summed E-state index contributed by atoms with van der Waals surface area (Å²) < 4.78 is 9.32. The van der Waals surface area contributed by atoms with Crippen molar-refractivity contribution < 1.29 is 23.9 Å². The van der Waals surface area contributed by atoms with E-state index < -0.39 is 6.09 Å². The van der Waals surface area contributed by atoms with Gasteiger partial charge in [-0.05, 0) is 62.8 Å². The first-order chi connectivity index (χ1) is 15.4. The van der Waals surface area contributed by atoms with Gasteiger partial charge in [0.25, 0.3) is 0 Å². The fourth-order valence-electron chi connectivity index (χ4n) is 4.41. The number of hydrogen-bond donors (Lipinski definition) is 2. The van der Waals surface area contributed by atoms with Crippen LogP contribution in [0.25, 0.3) is 0 Å². The Labute approximate surface area is 188 Å². The van der Waals surface area contributed by atoms with E-state index in [1.165, 1.54) is 14.2 Å². The van der Waals surface area contributed by atoms with E-state index in [2.05, 4.69) is 19.9 Å². The van der Waals surface area contributed by atoms with Crippen LogP contribution in [0.5, 0.6) is 0 Å². The molecule has 1 heterocycles. The van der Waals surface area contributed by atoms with Crippen LogP contribution in [-0.4, -0.2) is 57.2 Å². The number of rotatable bonds is 5. The molecule has 174 valence electrons. The van der Waals surface area contributed by atoms with Gasteiger partial charge in [0.15, 0.2) is 0 Å². The van der Waals surface area contributed by atoms with Gasteiger partial charge in [0.05, 0.1) is 20.1 Å². The van der Waals surface area contributed by atoms with Gasteiger partial charge in [0.1, 0.15) is 5.84 Å². The molecule has 0 spiro atoms. The van der Waals surface area contributed by atoms with E-state index in [9.17, 15) is 14.4 Å². The van der Waals surface area contributed by atoms with E-state index in [0.717, 1.165) is 57.3 Å². The van der Waals surface area contributed by atoms with E-state index in [-0.39, 0.29) is 35.6 Å². The van der Waals surface area contributed by atoms with Crippen LogP contribution in [0.3, 0.4) is 0 Å². The first kappa shape index (κ1) is 23.6. The molecule has 0 atom stereocenters. The van der Waals surface area contributed by atoms with Gasteiger partial charge < -0.3 is 25.4 Å². The van der Waals surface area contributed by atoms with Crippen molar-refractivity contribution in [2.75, 3.05) is 32.2 Å². The number of methoxy groups -OCH3 is 2. The van der Waals surface area contributed by atoms with Crippen molar-refractivity contribution in [3.63, 3.8) is 0 Å². The van der Waals surface area contributed by atoms with Crippen LogP contribution in [0.4, 0.5) is 10.5 Å². The molecule has 0 bridgehead atoms. The molecular formula is C23H32N4O5. The van der Waals surface area contributed by atoms with Crippen LogP contribution in [-0.2, 0) is 19.1 Å². The molecule has 0 unspecified atom stereocenters. The Morgan fingerprint density at radius 3 is 2.12 bits per heavy atom. The highest BCUT2D eigenvalue weighted by atomic mass is 16.5. The largest absolute Gasteiger partial charge is 0.469 e. The van der Waals surface area contributed by atoms with Crippen LogP contribution in [0.2, 0.25) is 0 Å². The van der Waals surface area contributed by atoms with Crippen LogP contribution < -0.4 is 16.0 Å². The van der Waals surface area contributed by atoms with Crippen molar-refractivity contribution >= 4 is 29.5 Å². The lowest BCUT2D eigenvalue weighted by Crippen LogP contribution is -2.45. The minimum atomic E-state index is -0.733. The van der Waals surface area contributed by atoms with E-state index in [4.69, 9.17) is 10.5 Å². The molecule has 3 rings (SSSR count). The minimum absolute atomic E-state index is 0.00619. The highest BCUT2D eigenvalue weighted by molar-refractivity contribution is 6.02. The number of carbonyl (C=O) groups is 3. The van der Waals surface area contributed by atoms with Gasteiger partial charge in [0, 0.05) is 36.3 Å². The van der Waals surface area contributed by atoms with E-state index >= 15 is 0 Å². The van der Waals surface area contributed by atoms with Gasteiger partial charge in [-0.3, -0.25) is 9.59 Å². The quantitative estimate of drug-likeness (QED) is 0.405. The summed E-state index contributed by atoms with van der Waals surface area (Å²) in [5.41, 5.74) is 7.52. The molecule has 32 heavy (non-hydrogen) atoms. The summed E-state index contributed by atoms with van der Waals surface area (Å²) in [5.74, 6) is 0.0536. The molecule has 9 nitrogen and oxygen atoms in total. The Kier molecular flexibility index (Phi) is 8.08. The fraction of sp³-hybridized carbons (Fsp3) is 0.565. The first-order valence-electron chi connectivity index (χ1n) is 11.1. The molecule has 1 saturated heterocycles. The van der Waals surface area contributed by atoms with Gasteiger partial charge >= 0.3 is 12.1 Å². The summed E-state index contributed by atoms with van der Waals surface area (Å²) in [4.78, 5) is 41.5. The van der Waals surface area contributed by atoms with Crippen LogP contribution in [0.15, 0.2) is 29.3 Å². The van der Waals surface area contributed by atoms with E-state index in [1.54, 1.807) is 0 Å². The highest BCUT2D eigenvalue weighted by Gasteiger charge is 2.30. The summed E-state index contributed by atoms with van der Waals surface area (Å²) in [6.07, 6.45) is 4.01. The molecular weight excluding hydrogens is 412 g/mol. The van der Waals surface area contributed by atoms with Crippen LogP contribution in [0.1, 0.15) is 44.1 Å². The van der Waals surface area contributed by atoms with Gasteiger partial charge in [-0.2, -0.15) is 4.99 Å². The van der Waals surface area contributed by atoms with Crippen molar-refractivity contribution in [3.05, 3.63) is 29.8 Å². The Morgan fingerprint density at radius 1 is 0.938 bits per heavy atom. The number of carbonyl (C=O) groups excluding carboxylic acids is 3. The summed E-state index contributed by atoms with van der Waals surface area (Å²) in [6, 6.07) is 7.66. The lowest BCUT2D eigenvalue weighted by Gasteiger charge is -2.34. The molecule has 0 radical (unpaired) electrons. The second kappa shape index (κ2) is 11.0. The van der Waals surface area contributed by atoms with Crippen molar-refractivity contribution in [3.8, 4) is 0 Å². The summed E-state index contributed by atoms with van der Waals surface area (Å²) in [6.45, 7) is 1.58. The number of nitrogens with two attached hydrogens (primary N) is 1. The minimum Gasteiger partial charge on any atom is -0.469 e. The topological polar surface area (TPSA) is 123 Å². The summed E-state index contributed by atoms with van der Waals surface area (Å²) in [5, 5.41) is 3.19. The average molecular weight is 445 g/mol. The van der Waals surface area contributed by atoms with Crippen LogP contribution >= 0.6 is 0 Å². The van der Waals surface area contributed by atoms with Crippen molar-refractivity contribution in [2.45, 2.75) is 44.6 Å². The number of amidine groups is 1. The fourth-order valence-corrected chi connectivity index (χ4v) is 4.41. The number of anilines is 1. The maximum atomic E-state index is 12.7. The van der Waals surface area contributed by atoms with Crippen LogP contribution in [0, 0.1) is 11.8 Å². The molecule has 1 aromatic carbocycles. The number of piperidine rings is 1. The van der Waals surface area contributed by atoms with Crippen molar-refractivity contribution in [2.24, 2.45) is 22.6 Å². The zero-order chi connectivity index (χ0) is 23.1. The van der Waals surface area contributed by atoms with E-state index in [0.29, 0.717) is 5.56 Å². The zero-order valence-corrected chi connectivity index (χ0v) is 18.7. The number of benzene rings is 1. The van der Waals surface area contributed by atoms with E-state index in [1.807, 2.05) is 24.3 Å². The van der Waals surface area contributed by atoms with Crippen molar-refractivity contribution in [1.29, 1.82) is 0 Å². The average Bonchev–Trinajstić information content (AvgIpc) is 2.84. The monoisotopic (exact) mass is 444 g/mol. The Hall–Kier alpha value is -3.10. The number of ether oxygens (including phenoxy) is 2. The predicted molar refractivity (Wildman–Crippen MR) is 120 cm³/mol. The lowest BCUT2D eigenvalue weighted by molar-refractivity contribution is -0.146. The third-order valence-electron chi connectivity index (χ3n) is 6.39. The maximum Gasteiger partial charge on any atom is 0.435 e. The third-order valence-corrected chi connectivity index (χ3v) is 6.39. The number of nitrogens with zero attached hydrogens (tertiary/aromatic N) is 2. The summed E-state index contributed by atoms with van der Waals surface area (Å²) >= 11 is 0. The molecule has 0 aromatic heterocycles. The number of amides is 2. The Balaban J connectivity index is 1.46. The van der Waals surface area contributed by atoms with Gasteiger partial charge in [-0.1, -0.05) is 0 Å². The summed E-state index contributed by atoms with van der Waals surface area (Å²) in [7, 11) is 2.67. The van der Waals surface area contributed by atoms with Gasteiger partial charge in [-0.25, -0.2) is 4.79 Å². The second-order valence-corrected chi connectivity index (χ2v) is 8.36. The number of aliphatic imine (C=N–C) groups is 1. The molecule has 3 N–H and O–H groups in total. The molecule has 2 fully saturated rings. The highest BCUT2D eigenvalue weighted by Crippen LogP contribution is 2.27. The molecule has 1 aliphatic heterocycles. The normalized spacial score (nSPS) is 22.2. The lowest BCUT2D eigenvalue weighted by atomic mass is 9.85. The predicted octanol–water partition coefficient (Wildman–Crippen LogP) is 2.22. The Morgan fingerprint density at radius 2 is 1.56 bits per heavy atom. The molecule has 1 aliphatic carbocycles. The molecule has 2 aliphatic rings. The third kappa shape index (κ3) is 5.99. The maximum absolute atomic E-state index is 12.7. The standard InChI is InChI=1S/C23H32N4O5/c1-31-22(29)17-3-7-18(8-4-17)25-21(28)16-11-13-27(14-12-16)19-9-5-15(6-10-19)20(24)26-23(30)32-2/h5-6,9-10,16-18H,3-4,7-8,11-14H2,1-2H3,(H,25,28)(H2,24,26,30). The number of hydrogen-bond acceptors (Lipinski definition) is 6. The van der Waals surface area contributed by atoms with Crippen molar-refractivity contribution in [1.82, 2.24) is 5.32 Å². The van der Waals surface area contributed by atoms with Gasteiger partial charge in [-0.15, -0.1) is 0 Å². The zero-order valence-electron chi connectivity index (χ0n) is 18.7. The van der Waals surface area contributed by atoms with Gasteiger partial charge in [0.2, 0.25) is 5.91 Å². The smallest absolute Gasteiger partial charge is 0.435 e. The Bertz CT molecular complexity index is 838. The molecule has 1 saturated carbocycles. The SMILES string of the molecule is COC(=O)N=C(N)c1ccc(N2CCC(C(=O)NC3CCC(C(=O)OC)CC3)CC2)cc1. The first-order valence-corrected chi connectivity index (χ1v) is 11.1. The number of esters is 1. The molecule has 9 heteroatoms.